The lowest BCUT2D eigenvalue weighted by atomic mass is 10.0. The predicted octanol–water partition coefficient (Wildman–Crippen LogP) is 3.71. The summed E-state index contributed by atoms with van der Waals surface area (Å²) in [7, 11) is 0. The highest BCUT2D eigenvalue weighted by molar-refractivity contribution is 6.30. The van der Waals surface area contributed by atoms with Crippen LogP contribution in [0, 0.1) is 0 Å². The molecule has 2 aromatic rings. The Morgan fingerprint density at radius 2 is 1.78 bits per heavy atom. The first-order valence-electron chi connectivity index (χ1n) is 6.65. The average Bonchev–Trinajstić information content (AvgIpc) is 2.48. The van der Waals surface area contributed by atoms with Crippen molar-refractivity contribution in [3.05, 3.63) is 53.3 Å². The summed E-state index contributed by atoms with van der Waals surface area (Å²) in [6.07, 6.45) is 3.26. The number of aromatic nitrogens is 1. The van der Waals surface area contributed by atoms with Crippen LogP contribution in [0.25, 0.3) is 11.1 Å². The van der Waals surface area contributed by atoms with Gasteiger partial charge in [0.1, 0.15) is 0 Å². The summed E-state index contributed by atoms with van der Waals surface area (Å²) in [5.74, 6) is -0.186. The van der Waals surface area contributed by atoms with Gasteiger partial charge in [0.25, 0.3) is 5.91 Å². The summed E-state index contributed by atoms with van der Waals surface area (Å²) in [6.45, 7) is 4.12. The van der Waals surface area contributed by atoms with Crippen molar-refractivity contribution >= 4 is 42.3 Å². The molecule has 1 heterocycles. The van der Waals surface area contributed by atoms with Gasteiger partial charge in [0.15, 0.2) is 0 Å². The predicted molar refractivity (Wildman–Crippen MR) is 99.8 cm³/mol. The quantitative estimate of drug-likeness (QED) is 0.854. The van der Waals surface area contributed by atoms with Gasteiger partial charge in [0.2, 0.25) is 0 Å². The maximum Gasteiger partial charge on any atom is 0.253 e. The topological polar surface area (TPSA) is 68.0 Å². The number of benzene rings is 1. The smallest absolute Gasteiger partial charge is 0.253 e. The van der Waals surface area contributed by atoms with E-state index in [0.717, 1.165) is 11.1 Å². The van der Waals surface area contributed by atoms with Crippen molar-refractivity contribution in [3.63, 3.8) is 0 Å². The van der Waals surface area contributed by atoms with Crippen LogP contribution in [-0.4, -0.2) is 23.0 Å². The number of rotatable bonds is 4. The van der Waals surface area contributed by atoms with E-state index in [-0.39, 0.29) is 30.7 Å². The second-order valence-electron chi connectivity index (χ2n) is 5.51. The molecular formula is C16H20Cl3N3O. The number of nitrogens with two attached hydrogens (primary N) is 1. The zero-order valence-corrected chi connectivity index (χ0v) is 15.3. The monoisotopic (exact) mass is 375 g/mol. The lowest BCUT2D eigenvalue weighted by molar-refractivity contribution is 0.0915. The van der Waals surface area contributed by atoms with E-state index >= 15 is 0 Å². The second kappa shape index (κ2) is 9.08. The molecule has 4 nitrogen and oxygen atoms in total. The van der Waals surface area contributed by atoms with Crippen LogP contribution in [0.3, 0.4) is 0 Å². The fourth-order valence-electron chi connectivity index (χ4n) is 1.79. The number of hydrogen-bond donors (Lipinski definition) is 2. The van der Waals surface area contributed by atoms with Crippen LogP contribution in [-0.2, 0) is 0 Å². The number of pyridine rings is 1. The largest absolute Gasteiger partial charge is 0.346 e. The van der Waals surface area contributed by atoms with E-state index in [2.05, 4.69) is 10.3 Å². The van der Waals surface area contributed by atoms with Crippen LogP contribution in [0.1, 0.15) is 24.2 Å². The number of nitrogens with one attached hydrogen (secondary N) is 1. The Hall–Kier alpha value is -1.33. The van der Waals surface area contributed by atoms with Crippen molar-refractivity contribution in [2.75, 3.05) is 6.54 Å². The zero-order chi connectivity index (χ0) is 15.5. The fraction of sp³-hybridized carbons (Fsp3) is 0.250. The van der Waals surface area contributed by atoms with Gasteiger partial charge in [-0.25, -0.2) is 0 Å². The Balaban J connectivity index is 0.00000242. The highest BCUT2D eigenvalue weighted by Crippen LogP contribution is 2.21. The van der Waals surface area contributed by atoms with Gasteiger partial charge in [-0.2, -0.15) is 0 Å². The molecule has 23 heavy (non-hydrogen) atoms. The summed E-state index contributed by atoms with van der Waals surface area (Å²) in [5.41, 5.74) is 7.50. The van der Waals surface area contributed by atoms with Gasteiger partial charge in [-0.3, -0.25) is 9.78 Å². The van der Waals surface area contributed by atoms with Gasteiger partial charge in [0, 0.05) is 35.1 Å². The van der Waals surface area contributed by atoms with Crippen molar-refractivity contribution in [1.82, 2.24) is 10.3 Å². The first-order valence-corrected chi connectivity index (χ1v) is 7.03. The van der Waals surface area contributed by atoms with Gasteiger partial charge < -0.3 is 11.1 Å². The van der Waals surface area contributed by atoms with Crippen LogP contribution < -0.4 is 11.1 Å². The molecule has 7 heteroatoms. The van der Waals surface area contributed by atoms with E-state index in [9.17, 15) is 4.79 Å². The third-order valence-corrected chi connectivity index (χ3v) is 3.39. The molecule has 0 atom stereocenters. The highest BCUT2D eigenvalue weighted by Gasteiger charge is 2.19. The number of carbonyl (C=O) groups is 1. The molecule has 3 N–H and O–H groups in total. The maximum atomic E-state index is 12.2. The number of nitrogens with zero attached hydrogens (tertiary/aromatic N) is 1. The minimum absolute atomic E-state index is 0. The molecule has 1 aromatic carbocycles. The standard InChI is InChI=1S/C16H18ClN3O.2ClH/c1-16(2,10-18)20-15(21)13-7-12(8-19-9-13)11-3-5-14(17)6-4-11;;/h3-9H,10,18H2,1-2H3,(H,20,21);2*1H. The van der Waals surface area contributed by atoms with E-state index in [0.29, 0.717) is 17.1 Å². The second-order valence-corrected chi connectivity index (χ2v) is 5.95. The summed E-state index contributed by atoms with van der Waals surface area (Å²) in [6, 6.07) is 9.20. The van der Waals surface area contributed by atoms with E-state index in [1.165, 1.54) is 0 Å². The van der Waals surface area contributed by atoms with Crippen LogP contribution in [0.15, 0.2) is 42.7 Å². The molecule has 1 aromatic heterocycles. The fourth-order valence-corrected chi connectivity index (χ4v) is 1.92. The molecule has 0 bridgehead atoms. The lowest BCUT2D eigenvalue weighted by Crippen LogP contribution is -2.48. The van der Waals surface area contributed by atoms with E-state index in [4.69, 9.17) is 17.3 Å². The molecular weight excluding hydrogens is 357 g/mol. The van der Waals surface area contributed by atoms with Crippen LogP contribution in [0.2, 0.25) is 5.02 Å². The van der Waals surface area contributed by atoms with Crippen LogP contribution >= 0.6 is 36.4 Å². The minimum Gasteiger partial charge on any atom is -0.346 e. The van der Waals surface area contributed by atoms with Gasteiger partial charge in [-0.15, -0.1) is 24.8 Å². The molecule has 0 spiro atoms. The van der Waals surface area contributed by atoms with E-state index in [1.807, 2.05) is 26.0 Å². The van der Waals surface area contributed by atoms with Crippen LogP contribution in [0.5, 0.6) is 0 Å². The molecule has 1 amide bonds. The maximum absolute atomic E-state index is 12.2. The van der Waals surface area contributed by atoms with Gasteiger partial charge >= 0.3 is 0 Å². The van der Waals surface area contributed by atoms with Gasteiger partial charge in [-0.1, -0.05) is 23.7 Å². The Bertz CT molecular complexity index is 645. The molecule has 0 aliphatic rings. The van der Waals surface area contributed by atoms with Crippen molar-refractivity contribution in [1.29, 1.82) is 0 Å². The SMILES string of the molecule is CC(C)(CN)NC(=O)c1cncc(-c2ccc(Cl)cc2)c1.Cl.Cl. The third-order valence-electron chi connectivity index (χ3n) is 3.14. The zero-order valence-electron chi connectivity index (χ0n) is 12.9. The van der Waals surface area contributed by atoms with Gasteiger partial charge in [0.05, 0.1) is 5.56 Å². The average molecular weight is 377 g/mol. The summed E-state index contributed by atoms with van der Waals surface area (Å²) in [4.78, 5) is 16.4. The molecule has 126 valence electrons. The third kappa shape index (κ3) is 5.99. The van der Waals surface area contributed by atoms with Crippen molar-refractivity contribution in [3.8, 4) is 11.1 Å². The van der Waals surface area contributed by atoms with Crippen molar-refractivity contribution < 1.29 is 4.79 Å². The minimum atomic E-state index is -0.451. The molecule has 0 unspecified atom stereocenters. The molecule has 2 rings (SSSR count). The summed E-state index contributed by atoms with van der Waals surface area (Å²) < 4.78 is 0. The first-order chi connectivity index (χ1) is 9.91. The van der Waals surface area contributed by atoms with Crippen LogP contribution in [0.4, 0.5) is 0 Å². The number of halogens is 3. The Labute approximate surface area is 153 Å². The molecule has 0 aliphatic heterocycles. The Kier molecular flexibility index (Phi) is 8.56. The first kappa shape index (κ1) is 21.7. The van der Waals surface area contributed by atoms with Gasteiger partial charge in [-0.05, 0) is 37.6 Å². The molecule has 0 aliphatic carbocycles. The Morgan fingerprint density at radius 1 is 1.17 bits per heavy atom. The summed E-state index contributed by atoms with van der Waals surface area (Å²) >= 11 is 5.88. The summed E-state index contributed by atoms with van der Waals surface area (Å²) in [5, 5.41) is 3.56. The van der Waals surface area contributed by atoms with E-state index < -0.39 is 5.54 Å². The van der Waals surface area contributed by atoms with E-state index in [1.54, 1.807) is 30.6 Å². The molecule has 0 fully saturated rings. The number of hydrogen-bond acceptors (Lipinski definition) is 3. The molecule has 0 saturated carbocycles. The highest BCUT2D eigenvalue weighted by atomic mass is 35.5. The van der Waals surface area contributed by atoms with Crippen molar-refractivity contribution in [2.45, 2.75) is 19.4 Å². The van der Waals surface area contributed by atoms with Crippen molar-refractivity contribution in [2.24, 2.45) is 5.73 Å². The lowest BCUT2D eigenvalue weighted by Gasteiger charge is -2.24. The normalized spacial score (nSPS) is 10.3. The molecule has 0 radical (unpaired) electrons. The molecule has 0 saturated heterocycles. The number of amides is 1. The number of carbonyl (C=O) groups excluding carboxylic acids is 1. The Morgan fingerprint density at radius 3 is 2.35 bits per heavy atom.